The highest BCUT2D eigenvalue weighted by Crippen LogP contribution is 2.36. The van der Waals surface area contributed by atoms with Crippen LogP contribution in [0.3, 0.4) is 0 Å². The summed E-state index contributed by atoms with van der Waals surface area (Å²) in [5.74, 6) is 2.70. The van der Waals surface area contributed by atoms with Crippen LogP contribution in [0.2, 0.25) is 0 Å². The monoisotopic (exact) mass is 541 g/mol. The van der Waals surface area contributed by atoms with Crippen molar-refractivity contribution in [1.82, 2.24) is 24.7 Å². The number of carbonyl (C=O) groups is 1. The van der Waals surface area contributed by atoms with Crippen LogP contribution in [-0.4, -0.2) is 51.5 Å². The van der Waals surface area contributed by atoms with Gasteiger partial charge in [0, 0.05) is 17.6 Å². The minimum absolute atomic E-state index is 0.104. The van der Waals surface area contributed by atoms with Crippen molar-refractivity contribution in [2.24, 2.45) is 0 Å². The summed E-state index contributed by atoms with van der Waals surface area (Å²) in [6.45, 7) is 4.07. The molecule has 40 heavy (non-hydrogen) atoms. The third kappa shape index (κ3) is 5.27. The van der Waals surface area contributed by atoms with Crippen LogP contribution in [0.1, 0.15) is 23.0 Å². The van der Waals surface area contributed by atoms with Crippen LogP contribution in [-0.2, 0) is 0 Å². The van der Waals surface area contributed by atoms with Crippen LogP contribution >= 0.6 is 0 Å². The van der Waals surface area contributed by atoms with Gasteiger partial charge in [0.2, 0.25) is 0 Å². The Morgan fingerprint density at radius 3 is 2.48 bits per heavy atom. The van der Waals surface area contributed by atoms with E-state index in [-0.39, 0.29) is 5.69 Å². The minimum Gasteiger partial charge on any atom is -0.493 e. The Labute approximate surface area is 229 Å². The lowest BCUT2D eigenvalue weighted by Crippen LogP contribution is -2.15. The lowest BCUT2D eigenvalue weighted by atomic mass is 10.2. The zero-order chi connectivity index (χ0) is 28.2. The van der Waals surface area contributed by atoms with Crippen LogP contribution in [0.4, 0.5) is 11.6 Å². The molecule has 3 N–H and O–H groups in total. The van der Waals surface area contributed by atoms with Gasteiger partial charge < -0.3 is 30.0 Å². The third-order valence-corrected chi connectivity index (χ3v) is 5.96. The highest BCUT2D eigenvalue weighted by atomic mass is 16.5. The first-order chi connectivity index (χ1) is 19.4. The van der Waals surface area contributed by atoms with Crippen LogP contribution in [0.25, 0.3) is 16.6 Å². The largest absolute Gasteiger partial charge is 0.493 e. The van der Waals surface area contributed by atoms with Gasteiger partial charge >= 0.3 is 0 Å². The molecule has 204 valence electrons. The van der Waals surface area contributed by atoms with Crippen LogP contribution in [0, 0.1) is 6.92 Å². The van der Waals surface area contributed by atoms with Gasteiger partial charge in [-0.25, -0.2) is 14.6 Å². The average molecular weight is 542 g/mol. The Hall–Kier alpha value is -5.39. The van der Waals surface area contributed by atoms with Crippen molar-refractivity contribution in [3.63, 3.8) is 0 Å². The summed E-state index contributed by atoms with van der Waals surface area (Å²) >= 11 is 0. The summed E-state index contributed by atoms with van der Waals surface area (Å²) in [5.41, 5.74) is 8.08. The van der Waals surface area contributed by atoms with Gasteiger partial charge in [-0.05, 0) is 49.7 Å². The number of methoxy groups -OCH3 is 2. The molecule has 4 heterocycles. The molecule has 12 heteroatoms. The van der Waals surface area contributed by atoms with Gasteiger partial charge in [0.05, 0.1) is 50.6 Å². The number of fused-ring (bicyclic) bond motifs is 1. The fourth-order valence-corrected chi connectivity index (χ4v) is 4.06. The predicted molar refractivity (Wildman–Crippen MR) is 149 cm³/mol. The summed E-state index contributed by atoms with van der Waals surface area (Å²) in [6.07, 6.45) is 6.37. The molecule has 1 aromatic carbocycles. The molecule has 0 spiro atoms. The zero-order valence-corrected chi connectivity index (χ0v) is 22.3. The number of hydrogen-bond acceptors (Lipinski definition) is 10. The lowest BCUT2D eigenvalue weighted by molar-refractivity contribution is 0.101. The third-order valence-electron chi connectivity index (χ3n) is 5.96. The number of anilines is 2. The van der Waals surface area contributed by atoms with Gasteiger partial charge in [0.1, 0.15) is 23.1 Å². The molecule has 4 aromatic heterocycles. The Morgan fingerprint density at radius 1 is 0.975 bits per heavy atom. The second-order valence-corrected chi connectivity index (χ2v) is 8.58. The van der Waals surface area contributed by atoms with E-state index in [9.17, 15) is 4.79 Å². The van der Waals surface area contributed by atoms with E-state index in [0.29, 0.717) is 58.2 Å². The molecular formula is C28H27N7O5. The highest BCUT2D eigenvalue weighted by Gasteiger charge is 2.20. The normalized spacial score (nSPS) is 10.8. The van der Waals surface area contributed by atoms with E-state index >= 15 is 0 Å². The van der Waals surface area contributed by atoms with Gasteiger partial charge in [-0.15, -0.1) is 0 Å². The summed E-state index contributed by atoms with van der Waals surface area (Å²) in [7, 11) is 3.13. The number of aromatic nitrogens is 5. The molecule has 0 atom stereocenters. The van der Waals surface area contributed by atoms with Crippen LogP contribution in [0.5, 0.6) is 28.7 Å². The number of nitrogens with zero attached hydrogens (tertiary/aromatic N) is 5. The molecule has 0 aliphatic rings. The van der Waals surface area contributed by atoms with Crippen molar-refractivity contribution < 1.29 is 23.7 Å². The van der Waals surface area contributed by atoms with E-state index in [1.165, 1.54) is 10.9 Å². The number of nitrogen functional groups attached to an aromatic ring is 1. The standard InChI is InChI=1S/C28H27N7O5/c1-5-39-24-15-35(20-14-31-25(29)10-16(20)2)34-27(24)28(36)33-26-7-6-17(13-32-26)40-21-8-9-30-19-12-23(38-4)22(37-3)11-18(19)21/h6-15H,5H2,1-4H3,(H2,29,31)(H,32,33,36). The maximum atomic E-state index is 13.1. The maximum Gasteiger partial charge on any atom is 0.281 e. The number of carbonyl (C=O) groups excluding carboxylic acids is 1. The minimum atomic E-state index is -0.481. The number of amides is 1. The Balaban J connectivity index is 1.35. The molecular weight excluding hydrogens is 514 g/mol. The van der Waals surface area contributed by atoms with Gasteiger partial charge in [0.15, 0.2) is 22.9 Å². The number of hydrogen-bond donors (Lipinski definition) is 2. The molecule has 1 amide bonds. The number of nitrogens with one attached hydrogen (secondary N) is 1. The van der Waals surface area contributed by atoms with Gasteiger partial charge in [-0.1, -0.05) is 0 Å². The van der Waals surface area contributed by atoms with E-state index in [2.05, 4.69) is 25.4 Å². The Bertz CT molecular complexity index is 1690. The molecule has 5 rings (SSSR count). The highest BCUT2D eigenvalue weighted by molar-refractivity contribution is 6.04. The van der Waals surface area contributed by atoms with Crippen molar-refractivity contribution >= 4 is 28.4 Å². The second-order valence-electron chi connectivity index (χ2n) is 8.58. The number of aryl methyl sites for hydroxylation is 1. The first kappa shape index (κ1) is 26.2. The van der Waals surface area contributed by atoms with Crippen molar-refractivity contribution in [1.29, 1.82) is 0 Å². The first-order valence-electron chi connectivity index (χ1n) is 12.3. The predicted octanol–water partition coefficient (Wildman–Crippen LogP) is 4.56. The van der Waals surface area contributed by atoms with Gasteiger partial charge in [0.25, 0.3) is 5.91 Å². The molecule has 0 radical (unpaired) electrons. The van der Waals surface area contributed by atoms with E-state index in [1.54, 1.807) is 69.2 Å². The molecule has 0 aliphatic carbocycles. The average Bonchev–Trinajstić information content (AvgIpc) is 3.37. The van der Waals surface area contributed by atoms with Crippen molar-refractivity contribution in [2.45, 2.75) is 13.8 Å². The zero-order valence-electron chi connectivity index (χ0n) is 22.3. The van der Waals surface area contributed by atoms with Crippen molar-refractivity contribution in [2.75, 3.05) is 31.9 Å². The van der Waals surface area contributed by atoms with Gasteiger partial charge in [-0.2, -0.15) is 5.10 Å². The molecule has 5 aromatic rings. The van der Waals surface area contributed by atoms with Gasteiger partial charge in [-0.3, -0.25) is 9.78 Å². The van der Waals surface area contributed by atoms with E-state index in [4.69, 9.17) is 24.7 Å². The Kier molecular flexibility index (Phi) is 7.31. The summed E-state index contributed by atoms with van der Waals surface area (Å²) < 4.78 is 24.0. The number of rotatable bonds is 9. The number of nitrogens with two attached hydrogens (primary N) is 1. The van der Waals surface area contributed by atoms with Crippen LogP contribution < -0.4 is 30.0 Å². The molecule has 0 fully saturated rings. The fourth-order valence-electron chi connectivity index (χ4n) is 4.06. The van der Waals surface area contributed by atoms with E-state index in [0.717, 1.165) is 10.9 Å². The second kappa shape index (κ2) is 11.2. The Morgan fingerprint density at radius 2 is 1.77 bits per heavy atom. The first-order valence-corrected chi connectivity index (χ1v) is 12.3. The summed E-state index contributed by atoms with van der Waals surface area (Å²) in [4.78, 5) is 26.0. The van der Waals surface area contributed by atoms with Crippen molar-refractivity contribution in [3.8, 4) is 34.4 Å². The lowest BCUT2D eigenvalue weighted by Gasteiger charge is -2.12. The van der Waals surface area contributed by atoms with Crippen molar-refractivity contribution in [3.05, 3.63) is 72.4 Å². The molecule has 0 bridgehead atoms. The van der Waals surface area contributed by atoms with E-state index < -0.39 is 5.91 Å². The number of ether oxygens (including phenoxy) is 4. The van der Waals surface area contributed by atoms with Crippen LogP contribution in [0.15, 0.2) is 61.2 Å². The SMILES string of the molecule is CCOc1cn(-c2cnc(N)cc2C)nc1C(=O)Nc1ccc(Oc2ccnc3cc(OC)c(OC)cc23)cn1. The summed E-state index contributed by atoms with van der Waals surface area (Å²) in [5, 5.41) is 7.93. The topological polar surface area (TPSA) is 149 Å². The molecule has 0 aliphatic heterocycles. The number of pyridine rings is 3. The molecule has 0 saturated heterocycles. The molecule has 0 saturated carbocycles. The molecule has 0 unspecified atom stereocenters. The quantitative estimate of drug-likeness (QED) is 0.272. The maximum absolute atomic E-state index is 13.1. The summed E-state index contributed by atoms with van der Waals surface area (Å²) in [6, 6.07) is 10.4. The smallest absolute Gasteiger partial charge is 0.281 e. The van der Waals surface area contributed by atoms with E-state index in [1.807, 2.05) is 13.8 Å². The number of benzene rings is 1. The fraction of sp³-hybridized carbons (Fsp3) is 0.179. The molecule has 12 nitrogen and oxygen atoms in total.